The SMILES string of the molecule is NC(O)(C(=O)c1ccccc1)c1ccccc1. The predicted octanol–water partition coefficient (Wildman–Crippen LogP) is 1.67. The summed E-state index contributed by atoms with van der Waals surface area (Å²) in [5.74, 6) is -0.510. The molecule has 0 aliphatic carbocycles. The lowest BCUT2D eigenvalue weighted by molar-refractivity contribution is 0.0331. The standard InChI is InChI=1S/C14H13NO2/c15-14(17,12-9-5-2-6-10-12)13(16)11-7-3-1-4-8-11/h1-10,17H,15H2. The lowest BCUT2D eigenvalue weighted by Crippen LogP contribution is -2.44. The second kappa shape index (κ2) is 4.49. The fourth-order valence-corrected chi connectivity index (χ4v) is 1.63. The molecule has 0 radical (unpaired) electrons. The van der Waals surface area contributed by atoms with Crippen molar-refractivity contribution in [2.45, 2.75) is 5.72 Å². The Balaban J connectivity index is 2.37. The number of Topliss-reactive ketones (excluding diaryl/α,β-unsaturated/α-hetero) is 1. The molecule has 0 aromatic heterocycles. The maximum absolute atomic E-state index is 12.1. The Bertz CT molecular complexity index is 506. The summed E-state index contributed by atoms with van der Waals surface area (Å²) < 4.78 is 0. The van der Waals surface area contributed by atoms with E-state index < -0.39 is 11.5 Å². The van der Waals surface area contributed by atoms with Crippen molar-refractivity contribution in [3.8, 4) is 0 Å². The third-order valence-electron chi connectivity index (χ3n) is 2.60. The molecule has 86 valence electrons. The fourth-order valence-electron chi connectivity index (χ4n) is 1.63. The van der Waals surface area contributed by atoms with Crippen LogP contribution in [0.2, 0.25) is 0 Å². The molecule has 0 amide bonds. The smallest absolute Gasteiger partial charge is 0.213 e. The first-order valence-electron chi connectivity index (χ1n) is 5.29. The molecule has 0 saturated heterocycles. The maximum atomic E-state index is 12.1. The van der Waals surface area contributed by atoms with E-state index in [1.54, 1.807) is 60.7 Å². The summed E-state index contributed by atoms with van der Waals surface area (Å²) in [6, 6.07) is 17.0. The highest BCUT2D eigenvalue weighted by Gasteiger charge is 2.33. The van der Waals surface area contributed by atoms with Crippen LogP contribution in [0, 0.1) is 0 Å². The second-order valence-electron chi connectivity index (χ2n) is 3.83. The Morgan fingerprint density at radius 2 is 1.41 bits per heavy atom. The van der Waals surface area contributed by atoms with Gasteiger partial charge in [-0.25, -0.2) is 0 Å². The Kier molecular flexibility index (Phi) is 3.04. The van der Waals surface area contributed by atoms with Gasteiger partial charge in [-0.1, -0.05) is 60.7 Å². The first-order valence-corrected chi connectivity index (χ1v) is 5.29. The molecular weight excluding hydrogens is 214 g/mol. The summed E-state index contributed by atoms with van der Waals surface area (Å²) in [5, 5.41) is 10.1. The normalized spacial score (nSPS) is 14.0. The van der Waals surface area contributed by atoms with E-state index in [4.69, 9.17) is 5.73 Å². The zero-order valence-corrected chi connectivity index (χ0v) is 9.21. The topological polar surface area (TPSA) is 63.3 Å². The summed E-state index contributed by atoms with van der Waals surface area (Å²) in [7, 11) is 0. The van der Waals surface area contributed by atoms with Crippen LogP contribution >= 0.6 is 0 Å². The number of hydrogen-bond donors (Lipinski definition) is 2. The van der Waals surface area contributed by atoms with Gasteiger partial charge in [-0.05, 0) is 0 Å². The molecule has 3 N–H and O–H groups in total. The Hall–Kier alpha value is -1.97. The van der Waals surface area contributed by atoms with Crippen molar-refractivity contribution in [1.29, 1.82) is 0 Å². The molecule has 2 rings (SSSR count). The van der Waals surface area contributed by atoms with Gasteiger partial charge in [0.1, 0.15) is 0 Å². The van der Waals surface area contributed by atoms with Crippen LogP contribution in [0.1, 0.15) is 15.9 Å². The third kappa shape index (κ3) is 2.25. The lowest BCUT2D eigenvalue weighted by Gasteiger charge is -2.21. The zero-order chi connectivity index (χ0) is 12.3. The van der Waals surface area contributed by atoms with Gasteiger partial charge in [-0.2, -0.15) is 0 Å². The summed E-state index contributed by atoms with van der Waals surface area (Å²) >= 11 is 0. The van der Waals surface area contributed by atoms with Crippen molar-refractivity contribution < 1.29 is 9.90 Å². The van der Waals surface area contributed by atoms with Gasteiger partial charge < -0.3 is 5.11 Å². The molecule has 1 unspecified atom stereocenters. The molecule has 17 heavy (non-hydrogen) atoms. The van der Waals surface area contributed by atoms with Crippen LogP contribution < -0.4 is 5.73 Å². The molecule has 0 fully saturated rings. The van der Waals surface area contributed by atoms with Crippen molar-refractivity contribution in [3.63, 3.8) is 0 Å². The van der Waals surface area contributed by atoms with Gasteiger partial charge in [0.2, 0.25) is 11.5 Å². The van der Waals surface area contributed by atoms with Crippen molar-refractivity contribution in [1.82, 2.24) is 0 Å². The Morgan fingerprint density at radius 3 is 1.94 bits per heavy atom. The molecule has 3 nitrogen and oxygen atoms in total. The molecular formula is C14H13NO2. The maximum Gasteiger partial charge on any atom is 0.213 e. The van der Waals surface area contributed by atoms with E-state index in [0.717, 1.165) is 0 Å². The second-order valence-corrected chi connectivity index (χ2v) is 3.83. The average Bonchev–Trinajstić information content (AvgIpc) is 2.40. The number of carbonyl (C=O) groups excluding carboxylic acids is 1. The van der Waals surface area contributed by atoms with Crippen LogP contribution in [0.3, 0.4) is 0 Å². The average molecular weight is 227 g/mol. The quantitative estimate of drug-likeness (QED) is 0.619. The van der Waals surface area contributed by atoms with E-state index in [2.05, 4.69) is 0 Å². The minimum atomic E-state index is -1.98. The van der Waals surface area contributed by atoms with E-state index in [1.807, 2.05) is 0 Å². The highest BCUT2D eigenvalue weighted by atomic mass is 16.3. The molecule has 0 saturated carbocycles. The van der Waals surface area contributed by atoms with Gasteiger partial charge in [0.15, 0.2) is 0 Å². The van der Waals surface area contributed by atoms with Gasteiger partial charge in [-0.15, -0.1) is 0 Å². The molecule has 2 aromatic carbocycles. The van der Waals surface area contributed by atoms with E-state index in [1.165, 1.54) is 0 Å². The van der Waals surface area contributed by atoms with Crippen LogP contribution in [0.25, 0.3) is 0 Å². The fraction of sp³-hybridized carbons (Fsp3) is 0.0714. The molecule has 0 spiro atoms. The molecule has 0 heterocycles. The summed E-state index contributed by atoms with van der Waals surface area (Å²) in [4.78, 5) is 12.1. The molecule has 1 atom stereocenters. The van der Waals surface area contributed by atoms with Crippen LogP contribution in [0.5, 0.6) is 0 Å². The highest BCUT2D eigenvalue weighted by Crippen LogP contribution is 2.20. The van der Waals surface area contributed by atoms with Crippen LogP contribution in [0.15, 0.2) is 60.7 Å². The lowest BCUT2D eigenvalue weighted by atomic mass is 9.94. The summed E-state index contributed by atoms with van der Waals surface area (Å²) in [5.41, 5.74) is 4.51. The molecule has 0 bridgehead atoms. The van der Waals surface area contributed by atoms with Crippen LogP contribution in [0.4, 0.5) is 0 Å². The number of carbonyl (C=O) groups is 1. The monoisotopic (exact) mass is 227 g/mol. The number of benzene rings is 2. The van der Waals surface area contributed by atoms with E-state index in [0.29, 0.717) is 11.1 Å². The number of rotatable bonds is 3. The van der Waals surface area contributed by atoms with Crippen LogP contribution in [-0.4, -0.2) is 10.9 Å². The van der Waals surface area contributed by atoms with Crippen molar-refractivity contribution in [2.75, 3.05) is 0 Å². The zero-order valence-electron chi connectivity index (χ0n) is 9.21. The molecule has 0 aliphatic heterocycles. The first kappa shape index (κ1) is 11.5. The van der Waals surface area contributed by atoms with Gasteiger partial charge in [0.05, 0.1) is 0 Å². The summed E-state index contributed by atoms with van der Waals surface area (Å²) in [6.45, 7) is 0. The number of hydrogen-bond acceptors (Lipinski definition) is 3. The van der Waals surface area contributed by atoms with Gasteiger partial charge in [0.25, 0.3) is 0 Å². The first-order chi connectivity index (χ1) is 8.12. The molecule has 3 heteroatoms. The van der Waals surface area contributed by atoms with Gasteiger partial charge in [0, 0.05) is 11.1 Å². The molecule has 2 aromatic rings. The van der Waals surface area contributed by atoms with E-state index >= 15 is 0 Å². The number of nitrogens with two attached hydrogens (primary N) is 1. The predicted molar refractivity (Wildman–Crippen MR) is 65.3 cm³/mol. The van der Waals surface area contributed by atoms with Gasteiger partial charge >= 0.3 is 0 Å². The Labute approximate surface area is 99.5 Å². The largest absolute Gasteiger partial charge is 0.365 e. The highest BCUT2D eigenvalue weighted by molar-refractivity contribution is 6.02. The van der Waals surface area contributed by atoms with Gasteiger partial charge in [-0.3, -0.25) is 10.5 Å². The third-order valence-corrected chi connectivity index (χ3v) is 2.60. The number of ketones is 1. The van der Waals surface area contributed by atoms with E-state index in [-0.39, 0.29) is 0 Å². The van der Waals surface area contributed by atoms with Crippen molar-refractivity contribution in [2.24, 2.45) is 5.73 Å². The minimum absolute atomic E-state index is 0.383. The van der Waals surface area contributed by atoms with Crippen molar-refractivity contribution >= 4 is 5.78 Å². The Morgan fingerprint density at radius 1 is 0.941 bits per heavy atom. The molecule has 0 aliphatic rings. The van der Waals surface area contributed by atoms with E-state index in [9.17, 15) is 9.90 Å². The van der Waals surface area contributed by atoms with Crippen molar-refractivity contribution in [3.05, 3.63) is 71.8 Å². The number of aliphatic hydroxyl groups is 1. The minimum Gasteiger partial charge on any atom is -0.365 e. The van der Waals surface area contributed by atoms with Crippen LogP contribution in [-0.2, 0) is 5.72 Å². The summed E-state index contributed by atoms with van der Waals surface area (Å²) in [6.07, 6.45) is 0.